The Morgan fingerprint density at radius 2 is 1.91 bits per heavy atom. The van der Waals surface area contributed by atoms with Crippen LogP contribution in [0.1, 0.15) is 18.4 Å². The standard InChI is InChI=1S/C25H26N4O5/c26-25(31)18-8-10-29(11-9-18)22-7-5-17-2-1-3-20(24(17)28-22)32-14-23(30)27-13-16-4-6-19-21(12-16)34-15-33-19/h1-7,12,18H,8-11,13-15H2,(H2,26,31)(H,27,30). The molecule has 3 aromatic rings. The lowest BCUT2D eigenvalue weighted by Gasteiger charge is -2.31. The first-order valence-corrected chi connectivity index (χ1v) is 11.3. The number of carbonyl (C=O) groups is 2. The van der Waals surface area contributed by atoms with Crippen molar-refractivity contribution in [3.8, 4) is 17.2 Å². The largest absolute Gasteiger partial charge is 0.481 e. The summed E-state index contributed by atoms with van der Waals surface area (Å²) in [5.74, 6) is 2.20. The number of amides is 2. The number of pyridine rings is 1. The summed E-state index contributed by atoms with van der Waals surface area (Å²) in [6.45, 7) is 1.89. The molecule has 2 amide bonds. The fourth-order valence-corrected chi connectivity index (χ4v) is 4.24. The molecule has 1 fully saturated rings. The summed E-state index contributed by atoms with van der Waals surface area (Å²) in [7, 11) is 0. The van der Waals surface area contributed by atoms with E-state index in [2.05, 4.69) is 10.2 Å². The van der Waals surface area contributed by atoms with Gasteiger partial charge in [-0.1, -0.05) is 18.2 Å². The van der Waals surface area contributed by atoms with E-state index in [1.807, 2.05) is 48.5 Å². The number of piperidine rings is 1. The second-order valence-electron chi connectivity index (χ2n) is 8.41. The van der Waals surface area contributed by atoms with Gasteiger partial charge in [0.25, 0.3) is 5.91 Å². The Hall–Kier alpha value is -4.01. The fraction of sp³-hybridized carbons (Fsp3) is 0.320. The zero-order valence-electron chi connectivity index (χ0n) is 18.7. The number of nitrogens with one attached hydrogen (secondary N) is 1. The number of ether oxygens (including phenoxy) is 3. The summed E-state index contributed by atoms with van der Waals surface area (Å²) >= 11 is 0. The number of carbonyl (C=O) groups excluding carboxylic acids is 2. The monoisotopic (exact) mass is 462 g/mol. The number of fused-ring (bicyclic) bond motifs is 2. The molecule has 0 aliphatic carbocycles. The Labute approximate surface area is 196 Å². The zero-order valence-corrected chi connectivity index (χ0v) is 18.7. The maximum absolute atomic E-state index is 12.4. The van der Waals surface area contributed by atoms with E-state index in [0.717, 1.165) is 42.7 Å². The maximum atomic E-state index is 12.4. The van der Waals surface area contributed by atoms with Crippen LogP contribution in [0.5, 0.6) is 17.2 Å². The number of hydrogen-bond acceptors (Lipinski definition) is 7. The van der Waals surface area contributed by atoms with Crippen LogP contribution >= 0.6 is 0 Å². The van der Waals surface area contributed by atoms with Crippen LogP contribution in [0, 0.1) is 5.92 Å². The number of primary amides is 1. The molecule has 2 aliphatic heterocycles. The van der Waals surface area contributed by atoms with Gasteiger partial charge < -0.3 is 30.2 Å². The Kier molecular flexibility index (Phi) is 6.07. The van der Waals surface area contributed by atoms with Gasteiger partial charge in [-0.05, 0) is 48.7 Å². The van der Waals surface area contributed by atoms with Gasteiger partial charge in [0.1, 0.15) is 17.1 Å². The normalized spacial score (nSPS) is 15.4. The van der Waals surface area contributed by atoms with Crippen molar-refractivity contribution in [2.45, 2.75) is 19.4 Å². The lowest BCUT2D eigenvalue weighted by molar-refractivity contribution is -0.123. The van der Waals surface area contributed by atoms with Crippen molar-refractivity contribution in [2.24, 2.45) is 11.7 Å². The molecule has 2 aliphatic rings. The number of benzene rings is 2. The number of para-hydroxylation sites is 1. The Balaban J connectivity index is 1.21. The summed E-state index contributed by atoms with van der Waals surface area (Å²) < 4.78 is 16.5. The molecule has 1 saturated heterocycles. The molecule has 0 radical (unpaired) electrons. The lowest BCUT2D eigenvalue weighted by atomic mass is 9.96. The van der Waals surface area contributed by atoms with Crippen LogP contribution < -0.4 is 30.2 Å². The third-order valence-corrected chi connectivity index (χ3v) is 6.18. The SMILES string of the molecule is NC(=O)C1CCN(c2ccc3cccc(OCC(=O)NCc4ccc5c(c4)OCO5)c3n2)CC1. The van der Waals surface area contributed by atoms with Crippen molar-refractivity contribution in [2.75, 3.05) is 31.4 Å². The molecular weight excluding hydrogens is 436 g/mol. The van der Waals surface area contributed by atoms with Gasteiger partial charge in [-0.2, -0.15) is 0 Å². The molecule has 34 heavy (non-hydrogen) atoms. The van der Waals surface area contributed by atoms with E-state index in [0.29, 0.717) is 29.3 Å². The number of hydrogen-bond donors (Lipinski definition) is 2. The van der Waals surface area contributed by atoms with Crippen LogP contribution in [0.3, 0.4) is 0 Å². The number of nitrogens with two attached hydrogens (primary N) is 1. The maximum Gasteiger partial charge on any atom is 0.258 e. The minimum Gasteiger partial charge on any atom is -0.481 e. The van der Waals surface area contributed by atoms with Crippen LogP contribution in [-0.4, -0.2) is 43.3 Å². The minimum atomic E-state index is -0.237. The molecule has 5 rings (SSSR count). The molecular formula is C25H26N4O5. The third kappa shape index (κ3) is 4.68. The molecule has 0 unspecified atom stereocenters. The highest BCUT2D eigenvalue weighted by Gasteiger charge is 2.24. The second-order valence-corrected chi connectivity index (χ2v) is 8.41. The topological polar surface area (TPSA) is 116 Å². The summed E-state index contributed by atoms with van der Waals surface area (Å²) in [6.07, 6.45) is 1.44. The molecule has 3 N–H and O–H groups in total. The molecule has 1 aromatic heterocycles. The number of rotatable bonds is 7. The van der Waals surface area contributed by atoms with Crippen molar-refractivity contribution in [3.63, 3.8) is 0 Å². The summed E-state index contributed by atoms with van der Waals surface area (Å²) in [4.78, 5) is 30.8. The summed E-state index contributed by atoms with van der Waals surface area (Å²) in [5.41, 5.74) is 7.05. The number of nitrogens with zero attached hydrogens (tertiary/aromatic N) is 2. The van der Waals surface area contributed by atoms with E-state index >= 15 is 0 Å². The van der Waals surface area contributed by atoms with E-state index in [9.17, 15) is 9.59 Å². The molecule has 0 atom stereocenters. The van der Waals surface area contributed by atoms with Gasteiger partial charge in [-0.15, -0.1) is 0 Å². The molecule has 0 spiro atoms. The van der Waals surface area contributed by atoms with Gasteiger partial charge in [-0.3, -0.25) is 9.59 Å². The van der Waals surface area contributed by atoms with Crippen molar-refractivity contribution in [1.82, 2.24) is 10.3 Å². The van der Waals surface area contributed by atoms with Gasteiger partial charge in [0.2, 0.25) is 12.7 Å². The van der Waals surface area contributed by atoms with E-state index < -0.39 is 0 Å². The Morgan fingerprint density at radius 1 is 1.09 bits per heavy atom. The lowest BCUT2D eigenvalue weighted by Crippen LogP contribution is -2.38. The highest BCUT2D eigenvalue weighted by atomic mass is 16.7. The quantitative estimate of drug-likeness (QED) is 0.554. The summed E-state index contributed by atoms with van der Waals surface area (Å²) in [5, 5.41) is 3.78. The highest BCUT2D eigenvalue weighted by molar-refractivity contribution is 5.86. The fourth-order valence-electron chi connectivity index (χ4n) is 4.24. The molecule has 9 nitrogen and oxygen atoms in total. The molecule has 0 bridgehead atoms. The van der Waals surface area contributed by atoms with Crippen molar-refractivity contribution in [1.29, 1.82) is 0 Å². The predicted octanol–water partition coefficient (Wildman–Crippen LogP) is 2.36. The van der Waals surface area contributed by atoms with Crippen LogP contribution in [0.25, 0.3) is 10.9 Å². The van der Waals surface area contributed by atoms with E-state index in [1.165, 1.54) is 0 Å². The van der Waals surface area contributed by atoms with Gasteiger partial charge in [-0.25, -0.2) is 4.98 Å². The Bertz CT molecular complexity index is 1220. The first kappa shape index (κ1) is 21.8. The minimum absolute atomic E-state index is 0.0771. The molecule has 176 valence electrons. The van der Waals surface area contributed by atoms with Crippen LogP contribution in [-0.2, 0) is 16.1 Å². The van der Waals surface area contributed by atoms with Crippen molar-refractivity contribution < 1.29 is 23.8 Å². The van der Waals surface area contributed by atoms with Crippen LogP contribution in [0.4, 0.5) is 5.82 Å². The third-order valence-electron chi connectivity index (χ3n) is 6.18. The average Bonchev–Trinajstić information content (AvgIpc) is 3.34. The predicted molar refractivity (Wildman–Crippen MR) is 126 cm³/mol. The van der Waals surface area contributed by atoms with Gasteiger partial charge >= 0.3 is 0 Å². The average molecular weight is 463 g/mol. The van der Waals surface area contributed by atoms with Crippen molar-refractivity contribution in [3.05, 3.63) is 54.1 Å². The van der Waals surface area contributed by atoms with E-state index in [-0.39, 0.29) is 31.1 Å². The van der Waals surface area contributed by atoms with Crippen LogP contribution in [0.2, 0.25) is 0 Å². The number of anilines is 1. The molecule has 3 heterocycles. The van der Waals surface area contributed by atoms with Gasteiger partial charge in [0, 0.05) is 30.9 Å². The molecule has 2 aromatic carbocycles. The van der Waals surface area contributed by atoms with E-state index in [4.69, 9.17) is 24.9 Å². The Morgan fingerprint density at radius 3 is 2.74 bits per heavy atom. The smallest absolute Gasteiger partial charge is 0.258 e. The van der Waals surface area contributed by atoms with Gasteiger partial charge in [0.15, 0.2) is 18.1 Å². The van der Waals surface area contributed by atoms with Crippen molar-refractivity contribution >= 4 is 28.5 Å². The highest BCUT2D eigenvalue weighted by Crippen LogP contribution is 2.32. The first-order valence-electron chi connectivity index (χ1n) is 11.3. The van der Waals surface area contributed by atoms with E-state index in [1.54, 1.807) is 0 Å². The molecule has 9 heteroatoms. The molecule has 0 saturated carbocycles. The zero-order chi connectivity index (χ0) is 23.5. The van der Waals surface area contributed by atoms with Crippen LogP contribution in [0.15, 0.2) is 48.5 Å². The summed E-state index contributed by atoms with van der Waals surface area (Å²) in [6, 6.07) is 15.2. The van der Waals surface area contributed by atoms with Gasteiger partial charge in [0.05, 0.1) is 0 Å². The second kappa shape index (κ2) is 9.46. The number of aromatic nitrogens is 1. The first-order chi connectivity index (χ1) is 16.6.